The van der Waals surface area contributed by atoms with Gasteiger partial charge in [-0.05, 0) is 25.3 Å². The van der Waals surface area contributed by atoms with E-state index in [1.165, 1.54) is 12.5 Å². The quantitative estimate of drug-likeness (QED) is 0.681. The molecule has 0 radical (unpaired) electrons. The Balaban J connectivity index is 0.000000386. The van der Waals surface area contributed by atoms with Gasteiger partial charge in [0.1, 0.15) is 0 Å². The molecule has 2 aliphatic carbocycles. The van der Waals surface area contributed by atoms with Crippen LogP contribution in [0.25, 0.3) is 0 Å². The molecule has 2 aliphatic rings. The summed E-state index contributed by atoms with van der Waals surface area (Å²) < 4.78 is 5.16. The third-order valence-electron chi connectivity index (χ3n) is 2.80. The van der Waals surface area contributed by atoms with Crippen LogP contribution in [0.3, 0.4) is 0 Å². The number of carbonyl (C=O) groups is 1. The van der Waals surface area contributed by atoms with Crippen molar-refractivity contribution in [2.75, 3.05) is 7.11 Å². The molecule has 0 aromatic heterocycles. The number of methoxy groups -OCH3 is 1. The highest BCUT2D eigenvalue weighted by atomic mass is 16.5. The Morgan fingerprint density at radius 3 is 2.62 bits per heavy atom. The maximum Gasteiger partial charge on any atom is 0.162 e. The van der Waals surface area contributed by atoms with Gasteiger partial charge in [-0.1, -0.05) is 5.57 Å². The Kier molecular flexibility index (Phi) is 4.78. The van der Waals surface area contributed by atoms with E-state index in [2.05, 4.69) is 0 Å². The lowest BCUT2D eigenvalue weighted by atomic mass is 9.84. The number of rotatable bonds is 1. The molecule has 0 spiro atoms. The van der Waals surface area contributed by atoms with E-state index in [0.29, 0.717) is 12.2 Å². The molecule has 0 fully saturated rings. The Hall–Kier alpha value is -1.56. The molecular formula is C13H17NO2. The molecule has 3 heteroatoms. The van der Waals surface area contributed by atoms with Crippen LogP contribution in [-0.4, -0.2) is 12.9 Å². The van der Waals surface area contributed by atoms with Crippen LogP contribution in [0, 0.1) is 11.3 Å². The number of nitrogens with zero attached hydrogens (tertiary/aromatic N) is 1. The van der Waals surface area contributed by atoms with Crippen molar-refractivity contribution in [1.82, 2.24) is 0 Å². The predicted octanol–water partition coefficient (Wildman–Crippen LogP) is 2.89. The highest BCUT2D eigenvalue weighted by Gasteiger charge is 2.22. The minimum Gasteiger partial charge on any atom is -0.501 e. The molecule has 16 heavy (non-hydrogen) atoms. The van der Waals surface area contributed by atoms with Crippen LogP contribution >= 0.6 is 0 Å². The van der Waals surface area contributed by atoms with Gasteiger partial charge in [-0.15, -0.1) is 0 Å². The Labute approximate surface area is 96.4 Å². The molecule has 86 valence electrons. The largest absolute Gasteiger partial charge is 0.501 e. The third kappa shape index (κ3) is 2.96. The van der Waals surface area contributed by atoms with Gasteiger partial charge in [0.15, 0.2) is 5.78 Å². The van der Waals surface area contributed by atoms with Crippen LogP contribution in [0.5, 0.6) is 0 Å². The first-order chi connectivity index (χ1) is 7.72. The first-order valence-electron chi connectivity index (χ1n) is 5.53. The van der Waals surface area contributed by atoms with Gasteiger partial charge in [-0.3, -0.25) is 4.79 Å². The summed E-state index contributed by atoms with van der Waals surface area (Å²) in [5.41, 5.74) is 2.28. The van der Waals surface area contributed by atoms with Crippen LogP contribution in [0.1, 0.15) is 39.0 Å². The van der Waals surface area contributed by atoms with Crippen molar-refractivity contribution in [2.24, 2.45) is 0 Å². The summed E-state index contributed by atoms with van der Waals surface area (Å²) in [6, 6.07) is 1.75. The van der Waals surface area contributed by atoms with Crippen molar-refractivity contribution in [3.63, 3.8) is 0 Å². The molecule has 0 aliphatic heterocycles. The lowest BCUT2D eigenvalue weighted by Gasteiger charge is -2.22. The Morgan fingerprint density at radius 2 is 2.00 bits per heavy atom. The highest BCUT2D eigenvalue weighted by molar-refractivity contribution is 5.99. The normalized spacial score (nSPS) is 18.8. The van der Waals surface area contributed by atoms with E-state index in [1.54, 1.807) is 13.2 Å². The zero-order valence-corrected chi connectivity index (χ0v) is 9.88. The number of ether oxygens (including phenoxy) is 1. The van der Waals surface area contributed by atoms with Crippen LogP contribution < -0.4 is 0 Å². The first-order valence-corrected chi connectivity index (χ1v) is 5.53. The Morgan fingerprint density at radius 1 is 1.31 bits per heavy atom. The standard InChI is InChI=1S/C11H14O2.C2H3N/c1-13-9-6-5-8-3-2-4-11(12)10(8)7-9;1-2-3/h7H,2-6H2,1H3;1H3. The molecule has 0 bridgehead atoms. The van der Waals surface area contributed by atoms with Gasteiger partial charge in [0.2, 0.25) is 0 Å². The number of hydrogen-bond donors (Lipinski definition) is 0. The van der Waals surface area contributed by atoms with Gasteiger partial charge in [0.05, 0.1) is 18.9 Å². The summed E-state index contributed by atoms with van der Waals surface area (Å²) in [4.78, 5) is 11.5. The van der Waals surface area contributed by atoms with E-state index >= 15 is 0 Å². The first kappa shape index (κ1) is 12.5. The fourth-order valence-electron chi connectivity index (χ4n) is 2.04. The molecule has 0 aromatic rings. The average Bonchev–Trinajstić information content (AvgIpc) is 2.30. The molecule has 0 N–H and O–H groups in total. The van der Waals surface area contributed by atoms with Crippen LogP contribution in [0.2, 0.25) is 0 Å². The van der Waals surface area contributed by atoms with Gasteiger partial charge < -0.3 is 4.74 Å². The molecule has 0 atom stereocenters. The number of allylic oxidation sites excluding steroid dienone is 4. The molecule has 0 aromatic carbocycles. The zero-order chi connectivity index (χ0) is 12.0. The van der Waals surface area contributed by atoms with E-state index in [1.807, 2.05) is 6.08 Å². The summed E-state index contributed by atoms with van der Waals surface area (Å²) in [5, 5.41) is 7.32. The van der Waals surface area contributed by atoms with Crippen LogP contribution in [-0.2, 0) is 9.53 Å². The second kappa shape index (κ2) is 6.12. The minimum atomic E-state index is 0.301. The number of ketones is 1. The highest BCUT2D eigenvalue weighted by Crippen LogP contribution is 2.32. The van der Waals surface area contributed by atoms with Crippen molar-refractivity contribution in [2.45, 2.75) is 39.0 Å². The number of hydrogen-bond acceptors (Lipinski definition) is 3. The maximum atomic E-state index is 11.5. The topological polar surface area (TPSA) is 50.1 Å². The summed E-state index contributed by atoms with van der Waals surface area (Å²) in [6.45, 7) is 1.43. The Bertz CT molecular complexity index is 372. The van der Waals surface area contributed by atoms with Crippen molar-refractivity contribution in [1.29, 1.82) is 5.26 Å². The molecule has 3 nitrogen and oxygen atoms in total. The fourth-order valence-corrected chi connectivity index (χ4v) is 2.04. The molecule has 2 rings (SSSR count). The molecule has 0 unspecified atom stereocenters. The van der Waals surface area contributed by atoms with Crippen molar-refractivity contribution >= 4 is 5.78 Å². The number of Topliss-reactive ketones (excluding diaryl/α,β-unsaturated/α-hetero) is 1. The average molecular weight is 219 g/mol. The van der Waals surface area contributed by atoms with Gasteiger partial charge in [-0.2, -0.15) is 5.26 Å². The van der Waals surface area contributed by atoms with Gasteiger partial charge in [-0.25, -0.2) is 0 Å². The van der Waals surface area contributed by atoms with E-state index in [9.17, 15) is 4.79 Å². The second-order valence-electron chi connectivity index (χ2n) is 3.83. The second-order valence-corrected chi connectivity index (χ2v) is 3.83. The SMILES string of the molecule is CC#N.COC1=CC2=C(CCCC2=O)CC1. The van der Waals surface area contributed by atoms with Crippen molar-refractivity contribution in [3.05, 3.63) is 23.0 Å². The minimum absolute atomic E-state index is 0.301. The molecular weight excluding hydrogens is 202 g/mol. The van der Waals surface area contributed by atoms with E-state index < -0.39 is 0 Å². The summed E-state index contributed by atoms with van der Waals surface area (Å²) in [6.07, 6.45) is 6.76. The maximum absolute atomic E-state index is 11.5. The van der Waals surface area contributed by atoms with Crippen LogP contribution in [0.4, 0.5) is 0 Å². The number of nitriles is 1. The molecule has 0 saturated heterocycles. The van der Waals surface area contributed by atoms with E-state index in [-0.39, 0.29) is 0 Å². The fraction of sp³-hybridized carbons (Fsp3) is 0.538. The lowest BCUT2D eigenvalue weighted by molar-refractivity contribution is -0.115. The van der Waals surface area contributed by atoms with Gasteiger partial charge in [0, 0.05) is 25.3 Å². The third-order valence-corrected chi connectivity index (χ3v) is 2.80. The van der Waals surface area contributed by atoms with Gasteiger partial charge in [0.25, 0.3) is 0 Å². The summed E-state index contributed by atoms with van der Waals surface area (Å²) in [5.74, 6) is 1.25. The number of carbonyl (C=O) groups excluding carboxylic acids is 1. The van der Waals surface area contributed by atoms with Crippen LogP contribution in [0.15, 0.2) is 23.0 Å². The molecule has 0 saturated carbocycles. The monoisotopic (exact) mass is 219 g/mol. The predicted molar refractivity (Wildman–Crippen MR) is 61.5 cm³/mol. The van der Waals surface area contributed by atoms with E-state index in [4.69, 9.17) is 10.00 Å². The summed E-state index contributed by atoms with van der Waals surface area (Å²) >= 11 is 0. The van der Waals surface area contributed by atoms with Crippen molar-refractivity contribution < 1.29 is 9.53 Å². The smallest absolute Gasteiger partial charge is 0.162 e. The molecule has 0 amide bonds. The molecule has 0 heterocycles. The van der Waals surface area contributed by atoms with Gasteiger partial charge >= 0.3 is 0 Å². The lowest BCUT2D eigenvalue weighted by Crippen LogP contribution is -2.14. The van der Waals surface area contributed by atoms with E-state index in [0.717, 1.165) is 37.0 Å². The van der Waals surface area contributed by atoms with Crippen molar-refractivity contribution in [3.8, 4) is 6.07 Å². The zero-order valence-electron chi connectivity index (χ0n) is 9.88. The summed E-state index contributed by atoms with van der Waals surface area (Å²) in [7, 11) is 1.67.